The summed E-state index contributed by atoms with van der Waals surface area (Å²) in [6, 6.07) is 9.52. The molecule has 31 heavy (non-hydrogen) atoms. The van der Waals surface area contributed by atoms with Crippen molar-refractivity contribution in [3.8, 4) is 11.6 Å². The van der Waals surface area contributed by atoms with E-state index in [2.05, 4.69) is 25.9 Å². The van der Waals surface area contributed by atoms with Gasteiger partial charge in [0.2, 0.25) is 5.88 Å². The van der Waals surface area contributed by atoms with E-state index in [4.69, 9.17) is 9.47 Å². The van der Waals surface area contributed by atoms with Gasteiger partial charge in [-0.3, -0.25) is 4.99 Å². The summed E-state index contributed by atoms with van der Waals surface area (Å²) < 4.78 is 24.3. The summed E-state index contributed by atoms with van der Waals surface area (Å²) in [4.78, 5) is 20.0. The number of nitrogens with one attached hydrogen (secondary N) is 3. The van der Waals surface area contributed by atoms with Crippen LogP contribution in [0.25, 0.3) is 0 Å². The van der Waals surface area contributed by atoms with Gasteiger partial charge in [-0.25, -0.2) is 14.2 Å². The van der Waals surface area contributed by atoms with Gasteiger partial charge in [-0.1, -0.05) is 12.1 Å². The molecule has 0 unspecified atom stereocenters. The van der Waals surface area contributed by atoms with Crippen LogP contribution in [0.4, 0.5) is 9.18 Å². The van der Waals surface area contributed by atoms with E-state index in [0.717, 1.165) is 5.56 Å². The van der Waals surface area contributed by atoms with Gasteiger partial charge < -0.3 is 25.4 Å². The van der Waals surface area contributed by atoms with E-state index >= 15 is 0 Å². The number of aliphatic imine (C=N–C) groups is 1. The summed E-state index contributed by atoms with van der Waals surface area (Å²) in [5.74, 6) is 0.901. The Morgan fingerprint density at radius 1 is 1.13 bits per heavy atom. The van der Waals surface area contributed by atoms with E-state index in [1.54, 1.807) is 52.2 Å². The molecule has 1 heterocycles. The molecule has 0 bridgehead atoms. The quantitative estimate of drug-likeness (QED) is 0.212. The molecule has 0 saturated heterocycles. The number of carbonyl (C=O) groups excluding carboxylic acids is 1. The minimum absolute atomic E-state index is 0. The first-order valence-corrected chi connectivity index (χ1v) is 9.55. The minimum Gasteiger partial charge on any atom is -0.444 e. The van der Waals surface area contributed by atoms with Crippen molar-refractivity contribution in [2.45, 2.75) is 32.9 Å². The van der Waals surface area contributed by atoms with Crippen LogP contribution in [-0.2, 0) is 11.3 Å². The second-order valence-corrected chi connectivity index (χ2v) is 7.31. The summed E-state index contributed by atoms with van der Waals surface area (Å²) in [6.07, 6.45) is 1.13. The lowest BCUT2D eigenvalue weighted by atomic mass is 10.2. The van der Waals surface area contributed by atoms with Crippen LogP contribution in [0.2, 0.25) is 0 Å². The molecule has 0 aliphatic rings. The predicted molar refractivity (Wildman–Crippen MR) is 129 cm³/mol. The number of halogens is 2. The number of amides is 1. The topological polar surface area (TPSA) is 96.9 Å². The van der Waals surface area contributed by atoms with Crippen LogP contribution < -0.4 is 20.7 Å². The number of hydrogen-bond donors (Lipinski definition) is 3. The monoisotopic (exact) mass is 545 g/mol. The zero-order valence-corrected chi connectivity index (χ0v) is 20.4. The highest BCUT2D eigenvalue weighted by Crippen LogP contribution is 2.23. The average molecular weight is 545 g/mol. The molecule has 8 nitrogen and oxygen atoms in total. The number of guanidine groups is 1. The van der Waals surface area contributed by atoms with Gasteiger partial charge in [0.05, 0.1) is 0 Å². The maximum absolute atomic E-state index is 13.4. The number of carbonyl (C=O) groups is 1. The van der Waals surface area contributed by atoms with Crippen molar-refractivity contribution < 1.29 is 18.7 Å². The molecule has 3 N–H and O–H groups in total. The summed E-state index contributed by atoms with van der Waals surface area (Å²) >= 11 is 0. The number of ether oxygens (including phenoxy) is 2. The fraction of sp³-hybridized carbons (Fsp3) is 0.381. The molecule has 0 radical (unpaired) electrons. The minimum atomic E-state index is -0.538. The van der Waals surface area contributed by atoms with Crippen LogP contribution in [0.1, 0.15) is 26.3 Å². The molecule has 2 rings (SSSR count). The van der Waals surface area contributed by atoms with Crippen molar-refractivity contribution in [3.63, 3.8) is 0 Å². The van der Waals surface area contributed by atoms with E-state index in [0.29, 0.717) is 37.2 Å². The van der Waals surface area contributed by atoms with Gasteiger partial charge in [0, 0.05) is 44.5 Å². The highest BCUT2D eigenvalue weighted by molar-refractivity contribution is 14.0. The maximum Gasteiger partial charge on any atom is 0.407 e. The van der Waals surface area contributed by atoms with Gasteiger partial charge in [0.25, 0.3) is 0 Å². The maximum atomic E-state index is 13.4. The lowest BCUT2D eigenvalue weighted by molar-refractivity contribution is 0.0529. The molecule has 170 valence electrons. The van der Waals surface area contributed by atoms with Gasteiger partial charge in [-0.15, -0.1) is 24.0 Å². The molecule has 1 amide bonds. The van der Waals surface area contributed by atoms with Crippen molar-refractivity contribution in [2.75, 3.05) is 20.1 Å². The van der Waals surface area contributed by atoms with E-state index in [1.807, 2.05) is 6.07 Å². The highest BCUT2D eigenvalue weighted by Gasteiger charge is 2.15. The van der Waals surface area contributed by atoms with Gasteiger partial charge in [0.1, 0.15) is 17.2 Å². The number of rotatable bonds is 7. The molecule has 1 aromatic heterocycles. The van der Waals surface area contributed by atoms with E-state index in [1.165, 1.54) is 12.1 Å². The Labute approximate surface area is 199 Å². The van der Waals surface area contributed by atoms with Crippen LogP contribution in [0.5, 0.6) is 11.6 Å². The average Bonchev–Trinajstić information content (AvgIpc) is 2.67. The van der Waals surface area contributed by atoms with Gasteiger partial charge in [-0.2, -0.15) is 0 Å². The Morgan fingerprint density at radius 3 is 2.55 bits per heavy atom. The normalized spacial score (nSPS) is 11.2. The smallest absolute Gasteiger partial charge is 0.407 e. The third-order valence-corrected chi connectivity index (χ3v) is 3.62. The molecule has 1 aromatic carbocycles. The lowest BCUT2D eigenvalue weighted by Gasteiger charge is -2.20. The molecule has 0 aliphatic heterocycles. The largest absolute Gasteiger partial charge is 0.444 e. The number of nitrogens with zero attached hydrogens (tertiary/aromatic N) is 2. The van der Waals surface area contributed by atoms with Gasteiger partial charge in [0.15, 0.2) is 5.96 Å². The molecule has 0 spiro atoms. The van der Waals surface area contributed by atoms with Crippen LogP contribution >= 0.6 is 24.0 Å². The molecule has 0 aliphatic carbocycles. The van der Waals surface area contributed by atoms with Crippen molar-refractivity contribution in [3.05, 3.63) is 54.0 Å². The number of aromatic nitrogens is 1. The molecule has 0 atom stereocenters. The predicted octanol–water partition coefficient (Wildman–Crippen LogP) is 3.82. The molecule has 10 heteroatoms. The van der Waals surface area contributed by atoms with Crippen LogP contribution in [0.3, 0.4) is 0 Å². The molecular formula is C21H29FIN5O3. The van der Waals surface area contributed by atoms with E-state index < -0.39 is 11.7 Å². The van der Waals surface area contributed by atoms with Crippen molar-refractivity contribution >= 4 is 36.0 Å². The summed E-state index contributed by atoms with van der Waals surface area (Å²) in [7, 11) is 1.64. The van der Waals surface area contributed by atoms with Crippen LogP contribution in [0, 0.1) is 5.82 Å². The van der Waals surface area contributed by atoms with Gasteiger partial charge in [-0.05, 0) is 39.0 Å². The van der Waals surface area contributed by atoms with Crippen molar-refractivity contribution in [1.82, 2.24) is 20.9 Å². The Bertz CT molecular complexity index is 874. The Morgan fingerprint density at radius 2 is 1.87 bits per heavy atom. The zero-order chi connectivity index (χ0) is 22.0. The SMILES string of the molecule is CN=C(NCCNC(=O)OC(C)(C)C)NCc1cccnc1Oc1cccc(F)c1.I. The summed E-state index contributed by atoms with van der Waals surface area (Å²) in [5.41, 5.74) is 0.237. The first kappa shape index (κ1) is 26.4. The second kappa shape index (κ2) is 12.9. The number of alkyl carbamates (subject to hydrolysis) is 1. The number of pyridine rings is 1. The lowest BCUT2D eigenvalue weighted by Crippen LogP contribution is -2.42. The summed E-state index contributed by atoms with van der Waals surface area (Å²) in [6.45, 7) is 6.64. The fourth-order valence-electron chi connectivity index (χ4n) is 2.35. The second-order valence-electron chi connectivity index (χ2n) is 7.31. The molecule has 2 aromatic rings. The first-order valence-electron chi connectivity index (χ1n) is 9.55. The van der Waals surface area contributed by atoms with E-state index in [9.17, 15) is 9.18 Å². The Balaban J connectivity index is 0.00000480. The summed E-state index contributed by atoms with van der Waals surface area (Å²) in [5, 5.41) is 8.91. The number of hydrogen-bond acceptors (Lipinski definition) is 5. The Hall–Kier alpha value is -2.63. The molecular weight excluding hydrogens is 516 g/mol. The molecule has 0 saturated carbocycles. The van der Waals surface area contributed by atoms with Crippen molar-refractivity contribution in [2.24, 2.45) is 4.99 Å². The van der Waals surface area contributed by atoms with Crippen LogP contribution in [-0.4, -0.2) is 42.8 Å². The number of benzene rings is 1. The zero-order valence-electron chi connectivity index (χ0n) is 18.1. The first-order chi connectivity index (χ1) is 14.3. The third kappa shape index (κ3) is 10.3. The molecule has 0 fully saturated rings. The van der Waals surface area contributed by atoms with Crippen LogP contribution in [0.15, 0.2) is 47.6 Å². The standard InChI is InChI=1S/C21H28FN5O3.HI/c1-21(2,3)30-20(28)26-12-11-25-19(23-4)27-14-15-7-6-10-24-18(15)29-17-9-5-8-16(22)13-17;/h5-10,13H,11-12,14H2,1-4H3,(H,26,28)(H2,23,25,27);1H. The Kier molecular flexibility index (Phi) is 11.0. The van der Waals surface area contributed by atoms with Crippen molar-refractivity contribution in [1.29, 1.82) is 0 Å². The van der Waals surface area contributed by atoms with Gasteiger partial charge >= 0.3 is 6.09 Å². The van der Waals surface area contributed by atoms with E-state index in [-0.39, 0.29) is 29.8 Å². The fourth-order valence-corrected chi connectivity index (χ4v) is 2.35. The highest BCUT2D eigenvalue weighted by atomic mass is 127. The third-order valence-electron chi connectivity index (χ3n) is 3.62.